The summed E-state index contributed by atoms with van der Waals surface area (Å²) in [5.74, 6) is -1.38. The van der Waals surface area contributed by atoms with Crippen molar-refractivity contribution in [2.45, 2.75) is 32.3 Å². The van der Waals surface area contributed by atoms with Crippen molar-refractivity contribution in [3.63, 3.8) is 0 Å². The maximum atomic E-state index is 12.4. The first-order valence-corrected chi connectivity index (χ1v) is 9.50. The lowest BCUT2D eigenvalue weighted by Gasteiger charge is -2.19. The summed E-state index contributed by atoms with van der Waals surface area (Å²) in [6, 6.07) is 6.95. The van der Waals surface area contributed by atoms with Crippen LogP contribution >= 0.6 is 11.6 Å². The number of imide groups is 1. The van der Waals surface area contributed by atoms with Gasteiger partial charge in [-0.15, -0.1) is 0 Å². The molecule has 0 N–H and O–H groups in total. The van der Waals surface area contributed by atoms with Gasteiger partial charge in [-0.2, -0.15) is 4.98 Å². The van der Waals surface area contributed by atoms with E-state index in [0.717, 1.165) is 17.7 Å². The fourth-order valence-corrected chi connectivity index (χ4v) is 3.95. The predicted molar refractivity (Wildman–Crippen MR) is 96.7 cm³/mol. The van der Waals surface area contributed by atoms with Gasteiger partial charge in [0.2, 0.25) is 17.6 Å². The lowest BCUT2D eigenvalue weighted by Crippen LogP contribution is -2.36. The number of hydrogen-bond acceptors (Lipinski definition) is 7. The van der Waals surface area contributed by atoms with E-state index in [0.29, 0.717) is 29.3 Å². The van der Waals surface area contributed by atoms with Crippen LogP contribution in [0.15, 0.2) is 28.8 Å². The van der Waals surface area contributed by atoms with Gasteiger partial charge in [0.15, 0.2) is 6.61 Å². The second-order valence-electron chi connectivity index (χ2n) is 6.94. The molecule has 1 aliphatic heterocycles. The number of ether oxygens (including phenoxy) is 1. The molecule has 0 radical (unpaired) electrons. The summed E-state index contributed by atoms with van der Waals surface area (Å²) in [7, 11) is 0. The Labute approximate surface area is 165 Å². The van der Waals surface area contributed by atoms with E-state index in [-0.39, 0.29) is 42.7 Å². The molecule has 1 aromatic carbocycles. The molecule has 1 saturated carbocycles. The zero-order valence-corrected chi connectivity index (χ0v) is 15.7. The van der Waals surface area contributed by atoms with Gasteiger partial charge < -0.3 is 9.26 Å². The van der Waals surface area contributed by atoms with Gasteiger partial charge in [0, 0.05) is 10.6 Å². The van der Waals surface area contributed by atoms with Crippen LogP contribution in [0.3, 0.4) is 0 Å². The molecule has 9 heteroatoms. The topological polar surface area (TPSA) is 103 Å². The number of amides is 2. The normalized spacial score (nSPS) is 21.7. The molecular formula is C19H18ClN3O5. The first-order valence-electron chi connectivity index (χ1n) is 9.12. The van der Waals surface area contributed by atoms with Gasteiger partial charge in [-0.25, -0.2) is 0 Å². The third-order valence-electron chi connectivity index (χ3n) is 5.13. The average Bonchev–Trinajstić information content (AvgIpc) is 3.26. The smallest absolute Gasteiger partial charge is 0.326 e. The fraction of sp³-hybridized carbons (Fsp3) is 0.421. The highest BCUT2D eigenvalue weighted by atomic mass is 35.5. The molecule has 2 atom stereocenters. The Morgan fingerprint density at radius 1 is 1.21 bits per heavy atom. The summed E-state index contributed by atoms with van der Waals surface area (Å²) in [4.78, 5) is 42.1. The molecule has 4 rings (SSSR count). The highest BCUT2D eigenvalue weighted by Crippen LogP contribution is 2.37. The van der Waals surface area contributed by atoms with E-state index >= 15 is 0 Å². The van der Waals surface area contributed by atoms with Gasteiger partial charge >= 0.3 is 5.97 Å². The van der Waals surface area contributed by atoms with Crippen molar-refractivity contribution in [1.82, 2.24) is 15.0 Å². The summed E-state index contributed by atoms with van der Waals surface area (Å²) in [5, 5.41) is 4.36. The molecular weight excluding hydrogens is 386 g/mol. The van der Waals surface area contributed by atoms with Crippen LogP contribution in [0, 0.1) is 11.8 Å². The summed E-state index contributed by atoms with van der Waals surface area (Å²) in [6.45, 7) is -0.630. The van der Waals surface area contributed by atoms with E-state index in [9.17, 15) is 14.4 Å². The zero-order valence-electron chi connectivity index (χ0n) is 15.0. The van der Waals surface area contributed by atoms with Crippen LogP contribution in [-0.4, -0.2) is 39.4 Å². The Morgan fingerprint density at radius 3 is 2.61 bits per heavy atom. The first-order chi connectivity index (χ1) is 13.5. The Kier molecular flexibility index (Phi) is 5.13. The minimum Gasteiger partial charge on any atom is -0.454 e. The van der Waals surface area contributed by atoms with Crippen molar-refractivity contribution in [1.29, 1.82) is 0 Å². The number of nitrogens with zero attached hydrogens (tertiary/aromatic N) is 3. The lowest BCUT2D eigenvalue weighted by atomic mass is 9.81. The van der Waals surface area contributed by atoms with Gasteiger partial charge in [-0.3, -0.25) is 19.3 Å². The number of fused-ring (bicyclic) bond motifs is 1. The summed E-state index contributed by atoms with van der Waals surface area (Å²) in [5.41, 5.74) is 0.671. The van der Waals surface area contributed by atoms with Crippen molar-refractivity contribution in [3.05, 3.63) is 35.2 Å². The molecule has 28 heavy (non-hydrogen) atoms. The van der Waals surface area contributed by atoms with Crippen molar-refractivity contribution in [2.24, 2.45) is 11.8 Å². The van der Waals surface area contributed by atoms with Gasteiger partial charge in [-0.1, -0.05) is 41.7 Å². The Morgan fingerprint density at radius 2 is 1.93 bits per heavy atom. The molecule has 1 saturated heterocycles. The standard InChI is InChI=1S/C19H18ClN3O5/c20-12-5-3-4-11(8-12)17-21-15(28-22-17)10-27-16(24)9-23-18(25)13-6-1-2-7-14(13)19(23)26/h3-5,8,13-14H,1-2,6-7,9-10H2/t13-,14-/m1/s1. The SMILES string of the molecule is O=C(CN1C(=O)[C@@H]2CCCC[C@H]2C1=O)OCc1nc(-c2cccc(Cl)c2)no1. The minimum atomic E-state index is -0.692. The van der Waals surface area contributed by atoms with E-state index in [2.05, 4.69) is 10.1 Å². The van der Waals surface area contributed by atoms with Crippen LogP contribution in [0.5, 0.6) is 0 Å². The quantitative estimate of drug-likeness (QED) is 0.558. The van der Waals surface area contributed by atoms with E-state index in [4.69, 9.17) is 20.9 Å². The lowest BCUT2D eigenvalue weighted by molar-refractivity contribution is -0.154. The molecule has 2 aliphatic rings. The van der Waals surface area contributed by atoms with Crippen LogP contribution in [0.25, 0.3) is 11.4 Å². The molecule has 146 valence electrons. The molecule has 0 spiro atoms. The third kappa shape index (κ3) is 3.64. The van der Waals surface area contributed by atoms with E-state index < -0.39 is 5.97 Å². The van der Waals surface area contributed by atoms with Gasteiger partial charge in [0.25, 0.3) is 5.89 Å². The third-order valence-corrected chi connectivity index (χ3v) is 5.36. The van der Waals surface area contributed by atoms with Crippen LogP contribution in [-0.2, 0) is 25.7 Å². The van der Waals surface area contributed by atoms with E-state index in [1.807, 2.05) is 0 Å². The number of carbonyl (C=O) groups is 3. The molecule has 2 amide bonds. The second-order valence-corrected chi connectivity index (χ2v) is 7.38. The van der Waals surface area contributed by atoms with Crippen molar-refractivity contribution in [2.75, 3.05) is 6.54 Å². The van der Waals surface area contributed by atoms with E-state index in [1.165, 1.54) is 0 Å². The molecule has 2 aromatic rings. The Hall–Kier alpha value is -2.74. The minimum absolute atomic E-state index is 0.107. The molecule has 1 aromatic heterocycles. The number of carbonyl (C=O) groups excluding carboxylic acids is 3. The van der Waals surface area contributed by atoms with Crippen LogP contribution in [0.1, 0.15) is 31.6 Å². The van der Waals surface area contributed by atoms with Crippen LogP contribution in [0.2, 0.25) is 5.02 Å². The predicted octanol–water partition coefficient (Wildman–Crippen LogP) is 2.61. The first kappa shape index (κ1) is 18.6. The van der Waals surface area contributed by atoms with Gasteiger partial charge in [0.05, 0.1) is 11.8 Å². The second kappa shape index (κ2) is 7.71. The van der Waals surface area contributed by atoms with Crippen molar-refractivity contribution in [3.8, 4) is 11.4 Å². The van der Waals surface area contributed by atoms with Crippen LogP contribution in [0.4, 0.5) is 0 Å². The Balaban J connectivity index is 1.34. The van der Waals surface area contributed by atoms with Gasteiger partial charge in [-0.05, 0) is 25.0 Å². The monoisotopic (exact) mass is 403 g/mol. The van der Waals surface area contributed by atoms with Gasteiger partial charge in [0.1, 0.15) is 6.54 Å². The molecule has 2 fully saturated rings. The number of rotatable bonds is 5. The maximum absolute atomic E-state index is 12.4. The molecule has 0 unspecified atom stereocenters. The zero-order chi connectivity index (χ0) is 19.7. The van der Waals surface area contributed by atoms with Crippen LogP contribution < -0.4 is 0 Å². The largest absolute Gasteiger partial charge is 0.454 e. The number of aromatic nitrogens is 2. The van der Waals surface area contributed by atoms with E-state index in [1.54, 1.807) is 24.3 Å². The summed E-state index contributed by atoms with van der Waals surface area (Å²) >= 11 is 5.94. The molecule has 1 aliphatic carbocycles. The molecule has 8 nitrogen and oxygen atoms in total. The number of halogens is 1. The number of benzene rings is 1. The highest BCUT2D eigenvalue weighted by molar-refractivity contribution is 6.30. The highest BCUT2D eigenvalue weighted by Gasteiger charge is 2.48. The fourth-order valence-electron chi connectivity index (χ4n) is 3.76. The molecule has 0 bridgehead atoms. The summed E-state index contributed by atoms with van der Waals surface area (Å²) in [6.07, 6.45) is 3.28. The summed E-state index contributed by atoms with van der Waals surface area (Å²) < 4.78 is 10.2. The molecule has 2 heterocycles. The number of hydrogen-bond donors (Lipinski definition) is 0. The Bertz CT molecular complexity index is 904. The average molecular weight is 404 g/mol. The number of likely N-dealkylation sites (tertiary alicyclic amines) is 1. The van der Waals surface area contributed by atoms with Crippen molar-refractivity contribution >= 4 is 29.4 Å². The maximum Gasteiger partial charge on any atom is 0.326 e. The number of esters is 1. The van der Waals surface area contributed by atoms with Crippen molar-refractivity contribution < 1.29 is 23.6 Å².